The third-order valence-electron chi connectivity index (χ3n) is 3.18. The molecule has 0 saturated heterocycles. The minimum absolute atomic E-state index is 0.0719. The second kappa shape index (κ2) is 4.72. The fourth-order valence-corrected chi connectivity index (χ4v) is 1.98. The summed E-state index contributed by atoms with van der Waals surface area (Å²) in [6.07, 6.45) is 1.85. The van der Waals surface area contributed by atoms with Crippen molar-refractivity contribution in [3.05, 3.63) is 23.8 Å². The first-order chi connectivity index (χ1) is 8.79. The second-order valence-corrected chi connectivity index (χ2v) is 6.26. The summed E-state index contributed by atoms with van der Waals surface area (Å²) in [4.78, 5) is 4.43. The van der Waals surface area contributed by atoms with Gasteiger partial charge in [0.2, 0.25) is 0 Å². The molecule has 0 aromatic carbocycles. The Kier molecular flexibility index (Phi) is 3.39. The van der Waals surface area contributed by atoms with Gasteiger partial charge >= 0.3 is 0 Å². The van der Waals surface area contributed by atoms with E-state index < -0.39 is 0 Å². The Morgan fingerprint density at radius 1 is 1.32 bits per heavy atom. The molecule has 5 heteroatoms. The first-order valence-corrected chi connectivity index (χ1v) is 6.63. The minimum Gasteiger partial charge on any atom is -0.324 e. The van der Waals surface area contributed by atoms with Crippen molar-refractivity contribution in [2.75, 3.05) is 5.32 Å². The lowest BCUT2D eigenvalue weighted by Gasteiger charge is -2.14. The maximum absolute atomic E-state index is 4.43. The van der Waals surface area contributed by atoms with Gasteiger partial charge in [-0.15, -0.1) is 0 Å². The number of hydrogen-bond donors (Lipinski definition) is 2. The van der Waals surface area contributed by atoms with Gasteiger partial charge in [0.1, 0.15) is 11.6 Å². The third-order valence-corrected chi connectivity index (χ3v) is 3.18. The van der Waals surface area contributed by atoms with Crippen molar-refractivity contribution < 1.29 is 0 Å². The Morgan fingerprint density at radius 2 is 2.00 bits per heavy atom. The lowest BCUT2D eigenvalue weighted by molar-refractivity contribution is 0.567. The fraction of sp³-hybridized carbons (Fsp3) is 0.571. The number of nitrogens with one attached hydrogen (secondary N) is 2. The van der Waals surface area contributed by atoms with E-state index in [0.717, 1.165) is 23.2 Å². The maximum Gasteiger partial charge on any atom is 0.153 e. The normalized spacial score (nSPS) is 12.2. The molecule has 0 aliphatic carbocycles. The van der Waals surface area contributed by atoms with Crippen LogP contribution < -0.4 is 5.32 Å². The maximum atomic E-state index is 4.43. The number of anilines is 2. The summed E-state index contributed by atoms with van der Waals surface area (Å²) in [6.45, 7) is 10.7. The van der Waals surface area contributed by atoms with E-state index in [0.29, 0.717) is 5.92 Å². The molecule has 0 spiro atoms. The van der Waals surface area contributed by atoms with Crippen molar-refractivity contribution in [2.24, 2.45) is 7.05 Å². The van der Waals surface area contributed by atoms with Crippen molar-refractivity contribution in [3.63, 3.8) is 0 Å². The molecular formula is C14H23N5. The standard InChI is InChI=1S/C14H23N5/c1-9(2)13-15-8-12(19(13)6)16-11-7-10(17-18-11)14(3,4)5/h7-9H,1-6H3,(H2,16,17,18). The van der Waals surface area contributed by atoms with Gasteiger partial charge in [0, 0.05) is 30.1 Å². The molecule has 0 unspecified atom stereocenters. The van der Waals surface area contributed by atoms with Gasteiger partial charge in [-0.25, -0.2) is 4.98 Å². The number of H-pyrrole nitrogens is 1. The van der Waals surface area contributed by atoms with Crippen LogP contribution in [0.25, 0.3) is 0 Å². The van der Waals surface area contributed by atoms with Gasteiger partial charge in [0.05, 0.1) is 6.20 Å². The molecule has 0 bridgehead atoms. The average molecular weight is 261 g/mol. The van der Waals surface area contributed by atoms with Crippen LogP contribution in [-0.2, 0) is 12.5 Å². The smallest absolute Gasteiger partial charge is 0.153 e. The molecule has 2 N–H and O–H groups in total. The van der Waals surface area contributed by atoms with Crippen molar-refractivity contribution in [2.45, 2.75) is 46.0 Å². The highest BCUT2D eigenvalue weighted by Gasteiger charge is 2.17. The van der Waals surface area contributed by atoms with E-state index in [2.05, 4.69) is 59.7 Å². The summed E-state index contributed by atoms with van der Waals surface area (Å²) in [5.74, 6) is 3.25. The summed E-state index contributed by atoms with van der Waals surface area (Å²) >= 11 is 0. The number of rotatable bonds is 3. The van der Waals surface area contributed by atoms with Gasteiger partial charge in [-0.2, -0.15) is 5.10 Å². The van der Waals surface area contributed by atoms with Crippen molar-refractivity contribution in [1.29, 1.82) is 0 Å². The molecule has 2 heterocycles. The molecule has 0 saturated carbocycles. The van der Waals surface area contributed by atoms with E-state index >= 15 is 0 Å². The molecule has 2 rings (SSSR count). The van der Waals surface area contributed by atoms with Crippen molar-refractivity contribution in [3.8, 4) is 0 Å². The van der Waals surface area contributed by atoms with E-state index in [-0.39, 0.29) is 5.41 Å². The van der Waals surface area contributed by atoms with Crippen LogP contribution in [-0.4, -0.2) is 19.7 Å². The number of hydrogen-bond acceptors (Lipinski definition) is 3. The highest BCUT2D eigenvalue weighted by molar-refractivity contribution is 5.52. The molecule has 0 fully saturated rings. The van der Waals surface area contributed by atoms with Gasteiger partial charge in [-0.05, 0) is 0 Å². The Labute approximate surface area is 114 Å². The molecule has 19 heavy (non-hydrogen) atoms. The second-order valence-electron chi connectivity index (χ2n) is 6.26. The number of aromatic nitrogens is 4. The zero-order valence-electron chi connectivity index (χ0n) is 12.6. The Hall–Kier alpha value is -1.78. The van der Waals surface area contributed by atoms with E-state index in [1.54, 1.807) is 0 Å². The molecule has 0 amide bonds. The Balaban J connectivity index is 2.20. The summed E-state index contributed by atoms with van der Waals surface area (Å²) < 4.78 is 2.07. The van der Waals surface area contributed by atoms with E-state index in [1.807, 2.05) is 19.3 Å². The van der Waals surface area contributed by atoms with Gasteiger partial charge in [0.25, 0.3) is 0 Å². The predicted octanol–water partition coefficient (Wildman–Crippen LogP) is 3.31. The van der Waals surface area contributed by atoms with Gasteiger partial charge in [-0.3, -0.25) is 5.10 Å². The lowest BCUT2D eigenvalue weighted by atomic mass is 9.92. The molecular weight excluding hydrogens is 238 g/mol. The molecule has 0 atom stereocenters. The van der Waals surface area contributed by atoms with E-state index in [9.17, 15) is 0 Å². The van der Waals surface area contributed by atoms with Crippen LogP contribution in [0.2, 0.25) is 0 Å². The monoisotopic (exact) mass is 261 g/mol. The lowest BCUT2D eigenvalue weighted by Crippen LogP contribution is -2.11. The van der Waals surface area contributed by atoms with Crippen LogP contribution in [0.4, 0.5) is 11.6 Å². The topological polar surface area (TPSA) is 58.5 Å². The van der Waals surface area contributed by atoms with Crippen LogP contribution >= 0.6 is 0 Å². The van der Waals surface area contributed by atoms with Gasteiger partial charge in [-0.1, -0.05) is 34.6 Å². The van der Waals surface area contributed by atoms with Crippen LogP contribution in [0, 0.1) is 0 Å². The SMILES string of the molecule is CC(C)c1ncc(Nc2cc(C(C)(C)C)[nH]n2)n1C. The van der Waals surface area contributed by atoms with Gasteiger partial charge < -0.3 is 9.88 Å². The summed E-state index contributed by atoms with van der Waals surface area (Å²) in [5, 5.41) is 10.7. The molecule has 5 nitrogen and oxygen atoms in total. The van der Waals surface area contributed by atoms with Crippen molar-refractivity contribution >= 4 is 11.6 Å². The van der Waals surface area contributed by atoms with Crippen LogP contribution in [0.5, 0.6) is 0 Å². The zero-order valence-corrected chi connectivity index (χ0v) is 12.6. The third kappa shape index (κ3) is 2.80. The largest absolute Gasteiger partial charge is 0.324 e. The average Bonchev–Trinajstić information content (AvgIpc) is 2.87. The van der Waals surface area contributed by atoms with E-state index in [4.69, 9.17) is 0 Å². The Morgan fingerprint density at radius 3 is 2.47 bits per heavy atom. The minimum atomic E-state index is 0.0719. The highest BCUT2D eigenvalue weighted by Crippen LogP contribution is 2.24. The quantitative estimate of drug-likeness (QED) is 0.891. The summed E-state index contributed by atoms with van der Waals surface area (Å²) in [7, 11) is 2.02. The van der Waals surface area contributed by atoms with Crippen molar-refractivity contribution in [1.82, 2.24) is 19.7 Å². The summed E-state index contributed by atoms with van der Waals surface area (Å²) in [6, 6.07) is 2.04. The predicted molar refractivity (Wildman–Crippen MR) is 77.9 cm³/mol. The number of nitrogens with zero attached hydrogens (tertiary/aromatic N) is 3. The molecule has 2 aromatic rings. The Bertz CT molecular complexity index is 557. The number of imidazole rings is 1. The zero-order chi connectivity index (χ0) is 14.2. The van der Waals surface area contributed by atoms with Crippen LogP contribution in [0.1, 0.15) is 52.1 Å². The molecule has 2 aromatic heterocycles. The molecule has 104 valence electrons. The highest BCUT2D eigenvalue weighted by atomic mass is 15.2. The molecule has 0 aliphatic rings. The summed E-state index contributed by atoms with van der Waals surface area (Å²) in [5.41, 5.74) is 1.18. The molecule has 0 radical (unpaired) electrons. The van der Waals surface area contributed by atoms with Gasteiger partial charge in [0.15, 0.2) is 5.82 Å². The number of aromatic amines is 1. The van der Waals surface area contributed by atoms with Crippen LogP contribution in [0.15, 0.2) is 12.3 Å². The first kappa shape index (κ1) is 13.6. The van der Waals surface area contributed by atoms with Crippen LogP contribution in [0.3, 0.4) is 0 Å². The first-order valence-electron chi connectivity index (χ1n) is 6.63. The van der Waals surface area contributed by atoms with E-state index in [1.165, 1.54) is 0 Å². The fourth-order valence-electron chi connectivity index (χ4n) is 1.98. The molecule has 0 aliphatic heterocycles.